The van der Waals surface area contributed by atoms with Crippen molar-refractivity contribution >= 4 is 44.9 Å². The van der Waals surface area contributed by atoms with Crippen LogP contribution in [0.5, 0.6) is 0 Å². The first-order valence-electron chi connectivity index (χ1n) is 7.84. The van der Waals surface area contributed by atoms with Gasteiger partial charge < -0.3 is 15.0 Å². The molecule has 1 N–H and O–H groups in total. The Morgan fingerprint density at radius 1 is 1.25 bits per heavy atom. The van der Waals surface area contributed by atoms with Gasteiger partial charge in [-0.3, -0.25) is 4.79 Å². The molecule has 126 valence electrons. The Bertz CT molecular complexity index is 723. The van der Waals surface area contributed by atoms with Crippen LogP contribution in [-0.2, 0) is 16.1 Å². The molecular weight excluding hydrogens is 388 g/mol. The number of anilines is 1. The molecule has 0 unspecified atom stereocenters. The molecule has 3 rings (SSSR count). The summed E-state index contributed by atoms with van der Waals surface area (Å²) in [7, 11) is 0. The van der Waals surface area contributed by atoms with Gasteiger partial charge in [0.15, 0.2) is 0 Å². The Kier molecular flexibility index (Phi) is 6.07. The number of morpholine rings is 1. The van der Waals surface area contributed by atoms with E-state index in [1.54, 1.807) is 17.4 Å². The molecule has 0 spiro atoms. The summed E-state index contributed by atoms with van der Waals surface area (Å²) in [4.78, 5) is 15.4. The van der Waals surface area contributed by atoms with Crippen LogP contribution >= 0.6 is 27.3 Å². The molecular formula is C18H19BrN2O2S. The van der Waals surface area contributed by atoms with Gasteiger partial charge in [-0.05, 0) is 45.8 Å². The lowest BCUT2D eigenvalue weighted by Gasteiger charge is -2.30. The number of thiophene rings is 1. The van der Waals surface area contributed by atoms with Crippen LogP contribution in [0.1, 0.15) is 10.4 Å². The molecule has 24 heavy (non-hydrogen) atoms. The third-order valence-corrected chi connectivity index (χ3v) is 5.38. The number of amides is 1. The normalized spacial score (nSPS) is 15.0. The van der Waals surface area contributed by atoms with E-state index >= 15 is 0 Å². The zero-order valence-electron chi connectivity index (χ0n) is 13.2. The molecule has 2 heterocycles. The third kappa shape index (κ3) is 4.69. The quantitative estimate of drug-likeness (QED) is 0.769. The van der Waals surface area contributed by atoms with Gasteiger partial charge in [0.05, 0.1) is 17.0 Å². The van der Waals surface area contributed by atoms with Crippen molar-refractivity contribution in [3.05, 3.63) is 56.7 Å². The molecule has 0 bridgehead atoms. The second-order valence-electron chi connectivity index (χ2n) is 5.42. The number of nitrogens with one attached hydrogen (secondary N) is 1. The van der Waals surface area contributed by atoms with Crippen molar-refractivity contribution in [2.75, 3.05) is 31.2 Å². The third-order valence-electron chi connectivity index (χ3n) is 3.79. The number of nitrogens with zero attached hydrogens (tertiary/aromatic N) is 1. The topological polar surface area (TPSA) is 41.6 Å². The van der Waals surface area contributed by atoms with E-state index in [4.69, 9.17) is 4.74 Å². The highest BCUT2D eigenvalue weighted by atomic mass is 79.9. The molecule has 1 aliphatic heterocycles. The Balaban J connectivity index is 1.60. The van der Waals surface area contributed by atoms with Crippen molar-refractivity contribution in [2.45, 2.75) is 6.54 Å². The fourth-order valence-corrected chi connectivity index (χ4v) is 3.92. The molecule has 0 radical (unpaired) electrons. The summed E-state index contributed by atoms with van der Waals surface area (Å²) in [5, 5.41) is 2.96. The first kappa shape index (κ1) is 17.2. The van der Waals surface area contributed by atoms with Gasteiger partial charge in [0, 0.05) is 36.3 Å². The second-order valence-corrected chi connectivity index (χ2v) is 7.92. The molecule has 1 aromatic heterocycles. The number of rotatable bonds is 5. The number of ether oxygens (including phenoxy) is 1. The lowest BCUT2D eigenvalue weighted by Crippen LogP contribution is -2.37. The van der Waals surface area contributed by atoms with E-state index < -0.39 is 0 Å². The number of para-hydroxylation sites is 1. The maximum absolute atomic E-state index is 12.0. The van der Waals surface area contributed by atoms with E-state index in [0.717, 1.165) is 40.5 Å². The average molecular weight is 407 g/mol. The predicted molar refractivity (Wildman–Crippen MR) is 102 cm³/mol. The molecule has 1 aliphatic rings. The number of carbonyl (C=O) groups is 1. The van der Waals surface area contributed by atoms with Gasteiger partial charge in [-0.15, -0.1) is 11.3 Å². The van der Waals surface area contributed by atoms with Crippen LogP contribution in [0.4, 0.5) is 5.69 Å². The molecule has 4 nitrogen and oxygen atoms in total. The average Bonchev–Trinajstić information content (AvgIpc) is 3.04. The maximum atomic E-state index is 12.0. The van der Waals surface area contributed by atoms with Gasteiger partial charge in [-0.1, -0.05) is 18.2 Å². The molecule has 6 heteroatoms. The van der Waals surface area contributed by atoms with Crippen LogP contribution < -0.4 is 10.2 Å². The van der Waals surface area contributed by atoms with Gasteiger partial charge in [0.1, 0.15) is 0 Å². The minimum atomic E-state index is -0.0868. The monoisotopic (exact) mass is 406 g/mol. The van der Waals surface area contributed by atoms with Gasteiger partial charge in [0.25, 0.3) is 0 Å². The van der Waals surface area contributed by atoms with E-state index in [2.05, 4.69) is 38.3 Å². The Morgan fingerprint density at radius 3 is 2.79 bits per heavy atom. The zero-order chi connectivity index (χ0) is 16.8. The standard InChI is InChI=1S/C18H19BrN2O2S/c19-17-7-5-15(24-17)6-8-18(22)20-13-14-3-1-2-4-16(14)21-9-11-23-12-10-21/h1-8H,9-13H2,(H,20,22)/b8-6-. The smallest absolute Gasteiger partial charge is 0.244 e. The van der Waals surface area contributed by atoms with E-state index in [1.807, 2.05) is 30.3 Å². The van der Waals surface area contributed by atoms with E-state index in [9.17, 15) is 4.79 Å². The van der Waals surface area contributed by atoms with Gasteiger partial charge in [-0.2, -0.15) is 0 Å². The van der Waals surface area contributed by atoms with Crippen molar-refractivity contribution in [3.63, 3.8) is 0 Å². The summed E-state index contributed by atoms with van der Waals surface area (Å²) < 4.78 is 6.47. The summed E-state index contributed by atoms with van der Waals surface area (Å²) in [5.74, 6) is -0.0868. The van der Waals surface area contributed by atoms with Crippen LogP contribution in [0.25, 0.3) is 6.08 Å². The molecule has 1 aromatic carbocycles. The van der Waals surface area contributed by atoms with Gasteiger partial charge in [-0.25, -0.2) is 0 Å². The number of carbonyl (C=O) groups excluding carboxylic acids is 1. The van der Waals surface area contributed by atoms with E-state index in [1.165, 1.54) is 5.69 Å². The fraction of sp³-hybridized carbons (Fsp3) is 0.278. The van der Waals surface area contributed by atoms with Gasteiger partial charge in [0.2, 0.25) is 5.91 Å². The molecule has 1 fully saturated rings. The summed E-state index contributed by atoms with van der Waals surface area (Å²) in [6, 6.07) is 12.2. The van der Waals surface area contributed by atoms with Crippen molar-refractivity contribution in [1.82, 2.24) is 5.32 Å². The molecule has 0 saturated carbocycles. The largest absolute Gasteiger partial charge is 0.378 e. The SMILES string of the molecule is O=C(/C=C\c1ccc(Br)s1)NCc1ccccc1N1CCOCC1. The lowest BCUT2D eigenvalue weighted by molar-refractivity contribution is -0.116. The van der Waals surface area contributed by atoms with E-state index in [-0.39, 0.29) is 5.91 Å². The van der Waals surface area contributed by atoms with Crippen molar-refractivity contribution in [1.29, 1.82) is 0 Å². The first-order chi connectivity index (χ1) is 11.7. The van der Waals surface area contributed by atoms with Crippen LogP contribution in [0.15, 0.2) is 46.3 Å². The van der Waals surface area contributed by atoms with Gasteiger partial charge >= 0.3 is 0 Å². The zero-order valence-corrected chi connectivity index (χ0v) is 15.6. The van der Waals surface area contributed by atoms with Crippen LogP contribution in [0, 0.1) is 0 Å². The molecule has 1 amide bonds. The highest BCUT2D eigenvalue weighted by Crippen LogP contribution is 2.23. The number of benzene rings is 1. The maximum Gasteiger partial charge on any atom is 0.244 e. The summed E-state index contributed by atoms with van der Waals surface area (Å²) in [6.45, 7) is 3.79. The van der Waals surface area contributed by atoms with Crippen molar-refractivity contribution < 1.29 is 9.53 Å². The Hall–Kier alpha value is -1.63. The number of halogens is 1. The highest BCUT2D eigenvalue weighted by molar-refractivity contribution is 9.11. The van der Waals surface area contributed by atoms with Crippen molar-refractivity contribution in [3.8, 4) is 0 Å². The summed E-state index contributed by atoms with van der Waals surface area (Å²) >= 11 is 5.01. The molecule has 0 aliphatic carbocycles. The highest BCUT2D eigenvalue weighted by Gasteiger charge is 2.14. The molecule has 2 aromatic rings. The fourth-order valence-electron chi connectivity index (χ4n) is 2.59. The summed E-state index contributed by atoms with van der Waals surface area (Å²) in [5.41, 5.74) is 2.30. The van der Waals surface area contributed by atoms with Crippen molar-refractivity contribution in [2.24, 2.45) is 0 Å². The Labute approximate surface area is 154 Å². The van der Waals surface area contributed by atoms with Crippen LogP contribution in [0.2, 0.25) is 0 Å². The minimum absolute atomic E-state index is 0.0868. The number of hydrogen-bond donors (Lipinski definition) is 1. The summed E-state index contributed by atoms with van der Waals surface area (Å²) in [6.07, 6.45) is 3.41. The first-order valence-corrected chi connectivity index (χ1v) is 9.45. The minimum Gasteiger partial charge on any atom is -0.378 e. The molecule has 0 atom stereocenters. The molecule has 1 saturated heterocycles. The predicted octanol–water partition coefficient (Wildman–Crippen LogP) is 3.68. The Morgan fingerprint density at radius 2 is 2.04 bits per heavy atom. The lowest BCUT2D eigenvalue weighted by atomic mass is 10.1. The second kappa shape index (κ2) is 8.46. The van der Waals surface area contributed by atoms with E-state index in [0.29, 0.717) is 6.54 Å². The number of hydrogen-bond acceptors (Lipinski definition) is 4. The van der Waals surface area contributed by atoms with Crippen LogP contribution in [-0.4, -0.2) is 32.2 Å². The van der Waals surface area contributed by atoms with Crippen LogP contribution in [0.3, 0.4) is 0 Å².